The number of ether oxygens (including phenoxy) is 1. The van der Waals surface area contributed by atoms with Gasteiger partial charge in [-0.2, -0.15) is 9.78 Å². The summed E-state index contributed by atoms with van der Waals surface area (Å²) < 4.78 is 7.05. The Morgan fingerprint density at radius 2 is 1.79 bits per heavy atom. The van der Waals surface area contributed by atoms with Gasteiger partial charge in [-0.1, -0.05) is 49.7 Å². The van der Waals surface area contributed by atoms with Gasteiger partial charge in [0.1, 0.15) is 10.8 Å². The molecule has 4 rings (SSSR count). The van der Waals surface area contributed by atoms with E-state index in [1.165, 1.54) is 10.2 Å². The van der Waals surface area contributed by atoms with Crippen LogP contribution in [-0.2, 0) is 4.79 Å². The Balaban J connectivity index is 1.35. The number of halogens is 1. The Bertz CT molecular complexity index is 1220. The number of amides is 1. The molecule has 1 aliphatic heterocycles. The van der Waals surface area contributed by atoms with Crippen molar-refractivity contribution in [1.82, 2.24) is 14.7 Å². The second-order valence-corrected chi connectivity index (χ2v) is 9.10. The topological polar surface area (TPSA) is 67.7 Å². The van der Waals surface area contributed by atoms with Crippen LogP contribution in [0, 0.1) is 6.92 Å². The number of hydrogen-bond donors (Lipinski definition) is 0. The van der Waals surface area contributed by atoms with Gasteiger partial charge in [0.15, 0.2) is 6.61 Å². The number of carbonyl (C=O) groups excluding carboxylic acids is 1. The number of hydrogen-bond acceptors (Lipinski definition) is 5. The van der Waals surface area contributed by atoms with E-state index in [4.69, 9.17) is 16.3 Å². The third-order valence-electron chi connectivity index (χ3n) is 6.10. The molecule has 1 aliphatic rings. The van der Waals surface area contributed by atoms with Gasteiger partial charge in [-0.05, 0) is 48.2 Å². The van der Waals surface area contributed by atoms with E-state index in [-0.39, 0.29) is 23.1 Å². The molecule has 0 bridgehead atoms. The van der Waals surface area contributed by atoms with E-state index >= 15 is 0 Å². The van der Waals surface area contributed by atoms with Crippen molar-refractivity contribution < 1.29 is 9.53 Å². The van der Waals surface area contributed by atoms with E-state index < -0.39 is 0 Å². The molecule has 0 N–H and O–H groups in total. The van der Waals surface area contributed by atoms with Crippen LogP contribution in [0.15, 0.2) is 59.5 Å². The summed E-state index contributed by atoms with van der Waals surface area (Å²) in [6.45, 7) is 8.52. The van der Waals surface area contributed by atoms with E-state index in [1.807, 2.05) is 35.2 Å². The van der Waals surface area contributed by atoms with Gasteiger partial charge in [0.05, 0.1) is 17.6 Å². The second kappa shape index (κ2) is 10.3. The molecule has 1 saturated heterocycles. The van der Waals surface area contributed by atoms with E-state index in [9.17, 15) is 9.59 Å². The molecule has 1 fully saturated rings. The zero-order valence-corrected chi connectivity index (χ0v) is 20.5. The van der Waals surface area contributed by atoms with Gasteiger partial charge >= 0.3 is 0 Å². The van der Waals surface area contributed by atoms with Crippen molar-refractivity contribution in [2.45, 2.75) is 26.7 Å². The minimum absolute atomic E-state index is 0.00407. The Morgan fingerprint density at radius 3 is 2.44 bits per heavy atom. The van der Waals surface area contributed by atoms with Gasteiger partial charge in [0.2, 0.25) is 0 Å². The van der Waals surface area contributed by atoms with Gasteiger partial charge in [0, 0.05) is 26.2 Å². The second-order valence-electron chi connectivity index (χ2n) is 8.73. The number of piperazine rings is 1. The maximum atomic E-state index is 12.8. The molecule has 0 spiro atoms. The SMILES string of the molecule is Cc1cc(OCC(=O)N2CCN(c3cnn(-c4ccccc4)c(=O)c3Cl)CC2)ccc1C(C)C. The third-order valence-corrected chi connectivity index (χ3v) is 6.46. The number of para-hydroxylation sites is 1. The van der Waals surface area contributed by atoms with Crippen molar-refractivity contribution >= 4 is 23.2 Å². The summed E-state index contributed by atoms with van der Waals surface area (Å²) >= 11 is 6.43. The van der Waals surface area contributed by atoms with E-state index in [2.05, 4.69) is 31.9 Å². The highest BCUT2D eigenvalue weighted by Crippen LogP contribution is 2.25. The monoisotopic (exact) mass is 480 g/mol. The molecule has 2 heterocycles. The average molecular weight is 481 g/mol. The predicted octanol–water partition coefficient (Wildman–Crippen LogP) is 4.05. The molecule has 7 nitrogen and oxygen atoms in total. The smallest absolute Gasteiger partial charge is 0.292 e. The van der Waals surface area contributed by atoms with Crippen LogP contribution in [0.1, 0.15) is 30.9 Å². The Morgan fingerprint density at radius 1 is 1.09 bits per heavy atom. The fourth-order valence-electron chi connectivity index (χ4n) is 4.22. The first-order valence-corrected chi connectivity index (χ1v) is 11.8. The number of benzene rings is 2. The van der Waals surface area contributed by atoms with E-state index in [0.29, 0.717) is 49.2 Å². The maximum Gasteiger partial charge on any atom is 0.292 e. The van der Waals surface area contributed by atoms with Crippen molar-refractivity contribution in [2.24, 2.45) is 0 Å². The van der Waals surface area contributed by atoms with Crippen LogP contribution in [-0.4, -0.2) is 53.4 Å². The fraction of sp³-hybridized carbons (Fsp3) is 0.346. The van der Waals surface area contributed by atoms with Crippen molar-refractivity contribution in [3.8, 4) is 11.4 Å². The Hall–Kier alpha value is -3.32. The number of aromatic nitrogens is 2. The molecule has 34 heavy (non-hydrogen) atoms. The highest BCUT2D eigenvalue weighted by Gasteiger charge is 2.24. The molecule has 1 aromatic heterocycles. The van der Waals surface area contributed by atoms with Crippen LogP contribution in [0.4, 0.5) is 5.69 Å². The molecule has 3 aromatic rings. The molecule has 0 atom stereocenters. The fourth-order valence-corrected chi connectivity index (χ4v) is 4.46. The van der Waals surface area contributed by atoms with Gasteiger partial charge in [0.25, 0.3) is 11.5 Å². The summed E-state index contributed by atoms with van der Waals surface area (Å²) in [5.74, 6) is 1.08. The van der Waals surface area contributed by atoms with Crippen LogP contribution in [0.25, 0.3) is 5.69 Å². The first-order chi connectivity index (χ1) is 16.3. The molecular weight excluding hydrogens is 452 g/mol. The molecule has 0 saturated carbocycles. The molecule has 0 aliphatic carbocycles. The van der Waals surface area contributed by atoms with E-state index in [1.54, 1.807) is 23.2 Å². The van der Waals surface area contributed by atoms with Crippen molar-refractivity contribution in [3.63, 3.8) is 0 Å². The molecule has 2 aromatic carbocycles. The molecule has 8 heteroatoms. The zero-order chi connectivity index (χ0) is 24.2. The normalized spacial score (nSPS) is 13.9. The molecule has 178 valence electrons. The minimum Gasteiger partial charge on any atom is -0.484 e. The largest absolute Gasteiger partial charge is 0.484 e. The average Bonchev–Trinajstić information content (AvgIpc) is 2.84. The standard InChI is InChI=1S/C26H29ClN4O3/c1-18(2)22-10-9-21(15-19(22)3)34-17-24(32)30-13-11-29(12-14-30)23-16-28-31(26(33)25(23)27)20-7-5-4-6-8-20/h4-10,15-16,18H,11-14,17H2,1-3H3. The van der Waals surface area contributed by atoms with Crippen molar-refractivity contribution in [1.29, 1.82) is 0 Å². The number of aryl methyl sites for hydroxylation is 1. The van der Waals surface area contributed by atoms with Crippen LogP contribution in [0.2, 0.25) is 5.02 Å². The Labute approximate surface area is 204 Å². The highest BCUT2D eigenvalue weighted by atomic mass is 35.5. The van der Waals surface area contributed by atoms with Gasteiger partial charge in [-0.15, -0.1) is 0 Å². The molecular formula is C26H29ClN4O3. The van der Waals surface area contributed by atoms with Crippen molar-refractivity contribution in [2.75, 3.05) is 37.7 Å². The third kappa shape index (κ3) is 5.09. The van der Waals surface area contributed by atoms with Gasteiger partial charge < -0.3 is 14.5 Å². The summed E-state index contributed by atoms with van der Waals surface area (Å²) in [6.07, 6.45) is 1.61. The lowest BCUT2D eigenvalue weighted by Gasteiger charge is -2.36. The summed E-state index contributed by atoms with van der Waals surface area (Å²) in [5, 5.41) is 4.43. The lowest BCUT2D eigenvalue weighted by molar-refractivity contribution is -0.133. The Kier molecular flexibility index (Phi) is 7.22. The van der Waals surface area contributed by atoms with Crippen LogP contribution < -0.4 is 15.2 Å². The maximum absolute atomic E-state index is 12.8. The molecule has 0 radical (unpaired) electrons. The summed E-state index contributed by atoms with van der Waals surface area (Å²) in [4.78, 5) is 29.2. The van der Waals surface area contributed by atoms with Crippen LogP contribution >= 0.6 is 11.6 Å². The van der Waals surface area contributed by atoms with E-state index in [0.717, 1.165) is 5.56 Å². The minimum atomic E-state index is -0.365. The molecule has 0 unspecified atom stereocenters. The summed E-state index contributed by atoms with van der Waals surface area (Å²) in [5.41, 5.74) is 3.32. The first kappa shape index (κ1) is 23.8. The number of anilines is 1. The van der Waals surface area contributed by atoms with Gasteiger partial charge in [-0.25, -0.2) is 0 Å². The first-order valence-electron chi connectivity index (χ1n) is 11.4. The van der Waals surface area contributed by atoms with Crippen molar-refractivity contribution in [3.05, 3.63) is 81.2 Å². The summed E-state index contributed by atoms with van der Waals surface area (Å²) in [6, 6.07) is 15.1. The number of carbonyl (C=O) groups is 1. The van der Waals surface area contributed by atoms with Crippen LogP contribution in [0.5, 0.6) is 5.75 Å². The summed E-state index contributed by atoms with van der Waals surface area (Å²) in [7, 11) is 0. The zero-order valence-electron chi connectivity index (χ0n) is 19.7. The van der Waals surface area contributed by atoms with Crippen LogP contribution in [0.3, 0.4) is 0 Å². The predicted molar refractivity (Wildman–Crippen MR) is 134 cm³/mol. The lowest BCUT2D eigenvalue weighted by atomic mass is 9.98. The number of nitrogens with zero attached hydrogens (tertiary/aromatic N) is 4. The molecule has 1 amide bonds. The quantitative estimate of drug-likeness (QED) is 0.532. The number of rotatable bonds is 6. The highest BCUT2D eigenvalue weighted by molar-refractivity contribution is 6.33. The van der Waals surface area contributed by atoms with Gasteiger partial charge in [-0.3, -0.25) is 9.59 Å². The lowest BCUT2D eigenvalue weighted by Crippen LogP contribution is -2.50.